The zero-order valence-electron chi connectivity index (χ0n) is 30.8. The smallest absolute Gasteiger partial charge is 0.00979 e. The van der Waals surface area contributed by atoms with Crippen LogP contribution in [0.25, 0.3) is 0 Å². The van der Waals surface area contributed by atoms with Crippen molar-refractivity contribution < 1.29 is 0 Å². The Morgan fingerprint density at radius 1 is 0.381 bits per heavy atom. The highest BCUT2D eigenvalue weighted by atomic mass is 32.1. The fraction of sp³-hybridized carbons (Fsp3) is 1.00. The normalized spacial score (nSPS) is 21.6. The molecule has 0 bridgehead atoms. The summed E-state index contributed by atoms with van der Waals surface area (Å²) in [6, 6.07) is 0. The molecule has 0 aromatic carbocycles. The maximum Gasteiger partial charge on any atom is -0.00979 e. The number of unbranched alkanes of at least 4 members (excludes halogenated alkanes) is 3. The molecule has 3 heteroatoms. The Morgan fingerprint density at radius 3 is 0.786 bits per heavy atom. The van der Waals surface area contributed by atoms with Crippen molar-refractivity contribution in [2.45, 2.75) is 179 Å². The minimum atomic E-state index is 0.359. The van der Waals surface area contributed by atoms with Crippen LogP contribution in [0.15, 0.2) is 0 Å². The van der Waals surface area contributed by atoms with Gasteiger partial charge in [-0.15, -0.1) is 0 Å². The fourth-order valence-corrected chi connectivity index (χ4v) is 10.4. The molecular weight excluding hydrogens is 565 g/mol. The molecule has 1 fully saturated rings. The number of hydrogen-bond donors (Lipinski definition) is 3. The molecule has 0 aromatic rings. The van der Waals surface area contributed by atoms with E-state index >= 15 is 0 Å². The van der Waals surface area contributed by atoms with Crippen molar-refractivity contribution in [2.24, 2.45) is 50.2 Å². The highest BCUT2D eigenvalue weighted by Crippen LogP contribution is 2.58. The van der Waals surface area contributed by atoms with E-state index in [1.807, 2.05) is 0 Å². The van der Waals surface area contributed by atoms with Crippen molar-refractivity contribution in [3.8, 4) is 0 Å². The molecular formula is C39H78S3. The molecule has 0 N–H and O–H groups in total. The Kier molecular flexibility index (Phi) is 16.9. The van der Waals surface area contributed by atoms with Crippen molar-refractivity contribution in [1.82, 2.24) is 0 Å². The maximum absolute atomic E-state index is 4.49. The summed E-state index contributed by atoms with van der Waals surface area (Å²) in [5, 5.41) is 0. The molecule has 0 unspecified atom stereocenters. The van der Waals surface area contributed by atoms with Crippen LogP contribution in [-0.4, -0.2) is 17.3 Å². The first kappa shape index (κ1) is 41.1. The summed E-state index contributed by atoms with van der Waals surface area (Å²) in [6.07, 6.45) is 19.9. The predicted octanol–water partition coefficient (Wildman–Crippen LogP) is 13.6. The van der Waals surface area contributed by atoms with Crippen molar-refractivity contribution in [2.75, 3.05) is 17.3 Å². The van der Waals surface area contributed by atoms with Crippen molar-refractivity contribution >= 4 is 37.9 Å². The monoisotopic (exact) mass is 643 g/mol. The quantitative estimate of drug-likeness (QED) is 0.0805. The summed E-state index contributed by atoms with van der Waals surface area (Å²) in [5.41, 5.74) is 2.25. The lowest BCUT2D eigenvalue weighted by Gasteiger charge is -2.54. The van der Waals surface area contributed by atoms with Crippen LogP contribution in [0.1, 0.15) is 179 Å². The van der Waals surface area contributed by atoms with Gasteiger partial charge < -0.3 is 0 Å². The third kappa shape index (κ3) is 14.6. The van der Waals surface area contributed by atoms with Crippen molar-refractivity contribution in [3.63, 3.8) is 0 Å². The van der Waals surface area contributed by atoms with Crippen LogP contribution in [-0.2, 0) is 0 Å². The molecule has 1 aliphatic carbocycles. The van der Waals surface area contributed by atoms with Crippen LogP contribution in [0.2, 0.25) is 0 Å². The summed E-state index contributed by atoms with van der Waals surface area (Å²) >= 11 is 13.5. The summed E-state index contributed by atoms with van der Waals surface area (Å²) in [4.78, 5) is 0. The van der Waals surface area contributed by atoms with Crippen LogP contribution in [0.4, 0.5) is 0 Å². The minimum absolute atomic E-state index is 0.359. The first-order valence-electron chi connectivity index (χ1n) is 17.9. The van der Waals surface area contributed by atoms with Gasteiger partial charge in [0.25, 0.3) is 0 Å². The number of rotatable bonds is 21. The summed E-state index contributed by atoms with van der Waals surface area (Å²) in [6.45, 7) is 31.1. The van der Waals surface area contributed by atoms with E-state index < -0.39 is 0 Å². The fourth-order valence-electron chi connectivity index (χ4n) is 9.78. The third-order valence-electron chi connectivity index (χ3n) is 11.6. The first-order valence-corrected chi connectivity index (χ1v) is 19.8. The van der Waals surface area contributed by atoms with Gasteiger partial charge in [0.05, 0.1) is 0 Å². The van der Waals surface area contributed by atoms with Crippen molar-refractivity contribution in [1.29, 1.82) is 0 Å². The van der Waals surface area contributed by atoms with Crippen LogP contribution >= 0.6 is 37.9 Å². The topological polar surface area (TPSA) is 0 Å². The van der Waals surface area contributed by atoms with E-state index in [9.17, 15) is 0 Å². The number of thiol groups is 3. The molecule has 1 aliphatic rings. The molecule has 0 aromatic heterocycles. The molecule has 1 saturated carbocycles. The van der Waals surface area contributed by atoms with Gasteiger partial charge in [-0.25, -0.2) is 0 Å². The van der Waals surface area contributed by atoms with Crippen LogP contribution in [0.3, 0.4) is 0 Å². The SMILES string of the molecule is CC(C)(CCCCS)CC(C)(C)C1CC(C(C)(C)CC(C)(C)CCCCS)CC(C(C)(C)CC(C)(C)CCCCS)C1. The van der Waals surface area contributed by atoms with Crippen molar-refractivity contribution in [3.05, 3.63) is 0 Å². The summed E-state index contributed by atoms with van der Waals surface area (Å²) < 4.78 is 0. The average molecular weight is 643 g/mol. The maximum atomic E-state index is 4.49. The van der Waals surface area contributed by atoms with Crippen LogP contribution in [0, 0.1) is 50.2 Å². The zero-order valence-corrected chi connectivity index (χ0v) is 33.5. The first-order chi connectivity index (χ1) is 19.1. The van der Waals surface area contributed by atoms with Gasteiger partial charge in [0.15, 0.2) is 0 Å². The zero-order chi connectivity index (χ0) is 32.5. The lowest BCUT2D eigenvalue weighted by molar-refractivity contribution is -0.0404. The van der Waals surface area contributed by atoms with Gasteiger partial charge in [0.1, 0.15) is 0 Å². The van der Waals surface area contributed by atoms with Gasteiger partial charge in [-0.1, -0.05) is 102 Å². The second kappa shape index (κ2) is 17.3. The molecule has 0 amide bonds. The Bertz CT molecular complexity index is 639. The molecule has 0 nitrogen and oxygen atoms in total. The van der Waals surface area contributed by atoms with E-state index in [1.165, 1.54) is 96.3 Å². The van der Waals surface area contributed by atoms with E-state index in [4.69, 9.17) is 0 Å². The molecule has 1 rings (SSSR count). The van der Waals surface area contributed by atoms with Gasteiger partial charge in [-0.05, 0) is 145 Å². The summed E-state index contributed by atoms with van der Waals surface area (Å²) in [5.74, 6) is 5.44. The molecule has 0 radical (unpaired) electrons. The Hall–Kier alpha value is 1.05. The predicted molar refractivity (Wildman–Crippen MR) is 204 cm³/mol. The lowest BCUT2D eigenvalue weighted by atomic mass is 9.51. The minimum Gasteiger partial charge on any atom is -0.179 e. The standard InChI is InChI=1S/C39H78S3/c1-34(2,19-13-16-22-40)28-37(7,8)31-25-32(38(9,10)29-35(3,4)20-14-17-23-41)27-33(26-31)39(11,12)30-36(5,6)21-15-18-24-42/h31-33,40-42H,13-30H2,1-12H3. The largest absolute Gasteiger partial charge is 0.179 e. The highest BCUT2D eigenvalue weighted by Gasteiger charge is 2.48. The molecule has 0 saturated heterocycles. The molecule has 252 valence electrons. The third-order valence-corrected chi connectivity index (χ3v) is 12.6. The van der Waals surface area contributed by atoms with Gasteiger partial charge in [-0.2, -0.15) is 37.9 Å². The molecule has 42 heavy (non-hydrogen) atoms. The van der Waals surface area contributed by atoms with Gasteiger partial charge in [0.2, 0.25) is 0 Å². The van der Waals surface area contributed by atoms with Gasteiger partial charge >= 0.3 is 0 Å². The Balaban J connectivity index is 3.30. The van der Waals surface area contributed by atoms with E-state index in [2.05, 4.69) is 121 Å². The van der Waals surface area contributed by atoms with E-state index in [0.29, 0.717) is 32.5 Å². The second-order valence-corrected chi connectivity index (χ2v) is 20.7. The average Bonchev–Trinajstić information content (AvgIpc) is 2.82. The van der Waals surface area contributed by atoms with E-state index in [1.54, 1.807) is 0 Å². The molecule has 0 atom stereocenters. The van der Waals surface area contributed by atoms with Gasteiger partial charge in [-0.3, -0.25) is 0 Å². The van der Waals surface area contributed by atoms with E-state index in [-0.39, 0.29) is 0 Å². The Labute approximate surface area is 283 Å². The lowest BCUT2D eigenvalue weighted by Crippen LogP contribution is -2.45. The summed E-state index contributed by atoms with van der Waals surface area (Å²) in [7, 11) is 0. The number of hydrogen-bond acceptors (Lipinski definition) is 3. The van der Waals surface area contributed by atoms with Gasteiger partial charge in [0, 0.05) is 0 Å². The van der Waals surface area contributed by atoms with Crippen LogP contribution in [0.5, 0.6) is 0 Å². The molecule has 0 aliphatic heterocycles. The molecule has 0 spiro atoms. The highest BCUT2D eigenvalue weighted by molar-refractivity contribution is 7.80. The van der Waals surface area contributed by atoms with E-state index in [0.717, 1.165) is 35.0 Å². The van der Waals surface area contributed by atoms with Crippen LogP contribution < -0.4 is 0 Å². The second-order valence-electron chi connectivity index (χ2n) is 19.3. The molecule has 0 heterocycles. The Morgan fingerprint density at radius 2 is 0.595 bits per heavy atom.